The number of nitrogens with zero attached hydrogens (tertiary/aromatic N) is 1. The van der Waals surface area contributed by atoms with Gasteiger partial charge in [-0.1, -0.05) is 29.8 Å². The quantitative estimate of drug-likeness (QED) is 0.910. The molecule has 0 spiro atoms. The smallest absolute Gasteiger partial charge is 0.212 e. The highest BCUT2D eigenvalue weighted by Gasteiger charge is 2.13. The van der Waals surface area contributed by atoms with Gasteiger partial charge in [0, 0.05) is 28.4 Å². The molecule has 88 valence electrons. The number of aliphatic hydroxyl groups is 1. The summed E-state index contributed by atoms with van der Waals surface area (Å²) in [7, 11) is 1.55. The van der Waals surface area contributed by atoms with E-state index in [4.69, 9.17) is 16.3 Å². The summed E-state index contributed by atoms with van der Waals surface area (Å²) in [4.78, 5) is 4.05. The molecule has 1 heterocycles. The first kappa shape index (κ1) is 11.9. The van der Waals surface area contributed by atoms with Crippen LogP contribution in [-0.2, 0) is 0 Å². The maximum atomic E-state index is 10.2. The van der Waals surface area contributed by atoms with Gasteiger partial charge in [0.1, 0.15) is 6.10 Å². The van der Waals surface area contributed by atoms with E-state index < -0.39 is 6.10 Å². The molecule has 1 unspecified atom stereocenters. The van der Waals surface area contributed by atoms with E-state index in [1.54, 1.807) is 37.6 Å². The molecular weight excluding hydrogens is 238 g/mol. The summed E-state index contributed by atoms with van der Waals surface area (Å²) >= 11 is 6.02. The van der Waals surface area contributed by atoms with Crippen LogP contribution in [0.15, 0.2) is 42.6 Å². The van der Waals surface area contributed by atoms with Crippen LogP contribution in [0.2, 0.25) is 5.02 Å². The fourth-order valence-electron chi connectivity index (χ4n) is 1.55. The summed E-state index contributed by atoms with van der Waals surface area (Å²) in [6.45, 7) is 0. The number of hydrogen-bond donors (Lipinski definition) is 1. The lowest BCUT2D eigenvalue weighted by Gasteiger charge is -2.12. The average molecular weight is 250 g/mol. The monoisotopic (exact) mass is 249 g/mol. The lowest BCUT2D eigenvalue weighted by Crippen LogP contribution is -2.01. The van der Waals surface area contributed by atoms with Crippen molar-refractivity contribution in [2.75, 3.05) is 7.11 Å². The molecular formula is C13H12ClNO2. The van der Waals surface area contributed by atoms with Gasteiger partial charge in [0.2, 0.25) is 5.88 Å². The molecule has 1 N–H and O–H groups in total. The van der Waals surface area contributed by atoms with Crippen molar-refractivity contribution in [1.29, 1.82) is 0 Å². The number of methoxy groups -OCH3 is 1. The number of benzene rings is 1. The Morgan fingerprint density at radius 2 is 2.00 bits per heavy atom. The van der Waals surface area contributed by atoms with Crippen molar-refractivity contribution >= 4 is 11.6 Å². The minimum atomic E-state index is -0.776. The van der Waals surface area contributed by atoms with E-state index >= 15 is 0 Å². The molecule has 0 saturated carbocycles. The zero-order valence-corrected chi connectivity index (χ0v) is 10.1. The Kier molecular flexibility index (Phi) is 3.61. The Hall–Kier alpha value is -1.58. The van der Waals surface area contributed by atoms with E-state index in [0.29, 0.717) is 22.0 Å². The highest BCUT2D eigenvalue weighted by molar-refractivity contribution is 6.31. The second-order valence-corrected chi connectivity index (χ2v) is 3.97. The summed E-state index contributed by atoms with van der Waals surface area (Å²) in [5.74, 6) is 0.514. The predicted octanol–water partition coefficient (Wildman–Crippen LogP) is 2.83. The lowest BCUT2D eigenvalue weighted by atomic mass is 10.0. The van der Waals surface area contributed by atoms with Gasteiger partial charge >= 0.3 is 0 Å². The van der Waals surface area contributed by atoms with Crippen LogP contribution in [0.4, 0.5) is 0 Å². The molecule has 1 atom stereocenters. The topological polar surface area (TPSA) is 42.4 Å². The number of ether oxygens (including phenoxy) is 1. The van der Waals surface area contributed by atoms with Crippen molar-refractivity contribution in [2.24, 2.45) is 0 Å². The molecule has 0 aliphatic heterocycles. The molecule has 2 rings (SSSR count). The number of aliphatic hydroxyl groups excluding tert-OH is 1. The molecule has 0 bridgehead atoms. The van der Waals surface area contributed by atoms with Crippen LogP contribution >= 0.6 is 11.6 Å². The maximum Gasteiger partial charge on any atom is 0.212 e. The molecule has 0 saturated heterocycles. The average Bonchev–Trinajstić information content (AvgIpc) is 2.39. The Balaban J connectivity index is 2.30. The Morgan fingerprint density at radius 3 is 2.59 bits per heavy atom. The number of hydrogen-bond acceptors (Lipinski definition) is 3. The molecule has 1 aromatic carbocycles. The van der Waals surface area contributed by atoms with Crippen LogP contribution in [-0.4, -0.2) is 17.2 Å². The van der Waals surface area contributed by atoms with Gasteiger partial charge in [-0.3, -0.25) is 0 Å². The standard InChI is InChI=1S/C13H12ClNO2/c1-17-12-7-6-9(8-15-12)13(16)10-4-2-3-5-11(10)14/h2-8,13,16H,1H3. The van der Waals surface area contributed by atoms with Gasteiger partial charge in [0.05, 0.1) is 7.11 Å². The fourth-order valence-corrected chi connectivity index (χ4v) is 1.79. The van der Waals surface area contributed by atoms with Gasteiger partial charge in [0.15, 0.2) is 0 Å². The Labute approximate surface area is 105 Å². The molecule has 0 fully saturated rings. The molecule has 17 heavy (non-hydrogen) atoms. The van der Waals surface area contributed by atoms with E-state index in [1.807, 2.05) is 12.1 Å². The second kappa shape index (κ2) is 5.17. The molecule has 0 radical (unpaired) electrons. The van der Waals surface area contributed by atoms with Crippen molar-refractivity contribution in [3.05, 3.63) is 58.7 Å². The number of aromatic nitrogens is 1. The normalized spacial score (nSPS) is 12.2. The summed E-state index contributed by atoms with van der Waals surface area (Å²) in [5, 5.41) is 10.7. The molecule has 3 nitrogen and oxygen atoms in total. The minimum absolute atomic E-state index is 0.514. The second-order valence-electron chi connectivity index (χ2n) is 3.56. The van der Waals surface area contributed by atoms with Crippen LogP contribution in [0.25, 0.3) is 0 Å². The molecule has 1 aromatic heterocycles. The largest absolute Gasteiger partial charge is 0.481 e. The molecule has 2 aromatic rings. The van der Waals surface area contributed by atoms with E-state index in [1.165, 1.54) is 0 Å². The summed E-state index contributed by atoms with van der Waals surface area (Å²) < 4.78 is 4.96. The van der Waals surface area contributed by atoms with Crippen molar-refractivity contribution in [3.8, 4) is 5.88 Å². The minimum Gasteiger partial charge on any atom is -0.481 e. The highest BCUT2D eigenvalue weighted by atomic mass is 35.5. The fraction of sp³-hybridized carbons (Fsp3) is 0.154. The van der Waals surface area contributed by atoms with E-state index in [-0.39, 0.29) is 0 Å². The molecule has 0 aliphatic carbocycles. The third-order valence-electron chi connectivity index (χ3n) is 2.48. The highest BCUT2D eigenvalue weighted by Crippen LogP contribution is 2.27. The van der Waals surface area contributed by atoms with Gasteiger partial charge in [-0.25, -0.2) is 4.98 Å². The first-order valence-electron chi connectivity index (χ1n) is 5.15. The number of rotatable bonds is 3. The SMILES string of the molecule is COc1ccc(C(O)c2ccccc2Cl)cn1. The summed E-state index contributed by atoms with van der Waals surface area (Å²) in [6, 6.07) is 10.7. The number of halogens is 1. The van der Waals surface area contributed by atoms with Crippen molar-refractivity contribution in [1.82, 2.24) is 4.98 Å². The summed E-state index contributed by atoms with van der Waals surface area (Å²) in [6.07, 6.45) is 0.800. The molecule has 4 heteroatoms. The zero-order valence-electron chi connectivity index (χ0n) is 9.30. The van der Waals surface area contributed by atoms with E-state index in [2.05, 4.69) is 4.98 Å². The third kappa shape index (κ3) is 2.57. The zero-order chi connectivity index (χ0) is 12.3. The van der Waals surface area contributed by atoms with Crippen molar-refractivity contribution in [2.45, 2.75) is 6.10 Å². The van der Waals surface area contributed by atoms with Gasteiger partial charge in [-0.2, -0.15) is 0 Å². The van der Waals surface area contributed by atoms with Gasteiger partial charge < -0.3 is 9.84 Å². The van der Waals surface area contributed by atoms with Crippen molar-refractivity contribution in [3.63, 3.8) is 0 Å². The van der Waals surface area contributed by atoms with Crippen LogP contribution in [0.5, 0.6) is 5.88 Å². The Bertz CT molecular complexity index is 499. The third-order valence-corrected chi connectivity index (χ3v) is 2.83. The van der Waals surface area contributed by atoms with Gasteiger partial charge in [-0.05, 0) is 12.1 Å². The number of pyridine rings is 1. The Morgan fingerprint density at radius 1 is 1.24 bits per heavy atom. The molecule has 0 aliphatic rings. The van der Waals surface area contributed by atoms with E-state index in [9.17, 15) is 5.11 Å². The van der Waals surface area contributed by atoms with Crippen LogP contribution in [0, 0.1) is 0 Å². The van der Waals surface area contributed by atoms with Crippen molar-refractivity contribution < 1.29 is 9.84 Å². The molecule has 0 amide bonds. The predicted molar refractivity (Wildman–Crippen MR) is 66.3 cm³/mol. The van der Waals surface area contributed by atoms with E-state index in [0.717, 1.165) is 0 Å². The lowest BCUT2D eigenvalue weighted by molar-refractivity contribution is 0.219. The maximum absolute atomic E-state index is 10.2. The van der Waals surface area contributed by atoms with Gasteiger partial charge in [0.25, 0.3) is 0 Å². The van der Waals surface area contributed by atoms with Crippen LogP contribution in [0.1, 0.15) is 17.2 Å². The van der Waals surface area contributed by atoms with Gasteiger partial charge in [-0.15, -0.1) is 0 Å². The first-order chi connectivity index (χ1) is 8.22. The van der Waals surface area contributed by atoms with Crippen LogP contribution in [0.3, 0.4) is 0 Å². The van der Waals surface area contributed by atoms with Crippen LogP contribution < -0.4 is 4.74 Å². The summed E-state index contributed by atoms with van der Waals surface area (Å²) in [5.41, 5.74) is 1.35. The first-order valence-corrected chi connectivity index (χ1v) is 5.52.